The predicted octanol–water partition coefficient (Wildman–Crippen LogP) is 6.87. The fraction of sp³-hybridized carbons (Fsp3) is 0.852. The number of carbonyl (C=O) groups excluding carboxylic acids is 2. The lowest BCUT2D eigenvalue weighted by Crippen LogP contribution is -2.49. The topological polar surface area (TPSA) is 52.6 Å². The average Bonchev–Trinajstić information content (AvgIpc) is 3.05. The molecule has 0 aromatic carbocycles. The Labute approximate surface area is 188 Å². The van der Waals surface area contributed by atoms with Gasteiger partial charge in [0.25, 0.3) is 0 Å². The molecule has 31 heavy (non-hydrogen) atoms. The van der Waals surface area contributed by atoms with Crippen LogP contribution in [-0.2, 0) is 14.3 Å². The average molecular weight is 431 g/mol. The molecule has 174 valence electrons. The van der Waals surface area contributed by atoms with Gasteiger partial charge in [-0.2, -0.15) is 0 Å². The molecule has 3 saturated carbocycles. The molecule has 6 atom stereocenters. The largest absolute Gasteiger partial charge is 0.508 e. The van der Waals surface area contributed by atoms with Crippen LogP contribution in [0, 0.1) is 34.5 Å². The Bertz CT molecular complexity index is 723. The fourth-order valence-corrected chi connectivity index (χ4v) is 7.48. The summed E-state index contributed by atoms with van der Waals surface area (Å²) in [5.41, 5.74) is 1.27. The summed E-state index contributed by atoms with van der Waals surface area (Å²) in [6, 6.07) is 0. The van der Waals surface area contributed by atoms with E-state index in [9.17, 15) is 9.59 Å². The number of hydrogen-bond acceptors (Lipinski definition) is 4. The van der Waals surface area contributed by atoms with Crippen molar-refractivity contribution < 1.29 is 19.1 Å². The SMILES string of the molecule is CCCCCCOC(=O)O[C@H]1CC[C@H]2[C@@H]3CCC4=CC(=O)C(C)(C)C[C@@H]4[C@H]3CC[C@]12C. The Hall–Kier alpha value is -1.32. The van der Waals surface area contributed by atoms with Crippen molar-refractivity contribution in [2.75, 3.05) is 6.61 Å². The van der Waals surface area contributed by atoms with Crippen LogP contribution in [0.1, 0.15) is 98.3 Å². The third-order valence-corrected chi connectivity index (χ3v) is 9.34. The van der Waals surface area contributed by atoms with E-state index in [1.54, 1.807) is 0 Å². The zero-order chi connectivity index (χ0) is 22.2. The lowest BCUT2D eigenvalue weighted by Gasteiger charge is -2.54. The Morgan fingerprint density at radius 2 is 1.87 bits per heavy atom. The molecule has 4 nitrogen and oxygen atoms in total. The fourth-order valence-electron chi connectivity index (χ4n) is 7.48. The molecule has 0 amide bonds. The third kappa shape index (κ3) is 4.33. The van der Waals surface area contributed by atoms with Gasteiger partial charge >= 0.3 is 6.16 Å². The zero-order valence-corrected chi connectivity index (χ0v) is 20.1. The highest BCUT2D eigenvalue weighted by molar-refractivity contribution is 5.96. The molecule has 0 N–H and O–H groups in total. The third-order valence-electron chi connectivity index (χ3n) is 9.34. The van der Waals surface area contributed by atoms with Crippen LogP contribution in [0.15, 0.2) is 11.6 Å². The molecule has 0 saturated heterocycles. The summed E-state index contributed by atoms with van der Waals surface area (Å²) in [6.45, 7) is 9.25. The summed E-state index contributed by atoms with van der Waals surface area (Å²) in [5.74, 6) is 2.90. The Morgan fingerprint density at radius 1 is 1.06 bits per heavy atom. The molecular weight excluding hydrogens is 388 g/mol. The molecule has 0 aromatic heterocycles. The first-order chi connectivity index (χ1) is 14.8. The molecule has 0 heterocycles. The van der Waals surface area contributed by atoms with Crippen LogP contribution < -0.4 is 0 Å². The van der Waals surface area contributed by atoms with Gasteiger partial charge in [-0.05, 0) is 81.1 Å². The minimum absolute atomic E-state index is 0.0112. The van der Waals surface area contributed by atoms with Crippen molar-refractivity contribution >= 4 is 11.9 Å². The van der Waals surface area contributed by atoms with Gasteiger partial charge in [0, 0.05) is 10.8 Å². The van der Waals surface area contributed by atoms with Gasteiger partial charge in [0.1, 0.15) is 6.10 Å². The highest BCUT2D eigenvalue weighted by Gasteiger charge is 2.58. The number of fused-ring (bicyclic) bond motifs is 5. The van der Waals surface area contributed by atoms with Gasteiger partial charge in [0.15, 0.2) is 5.78 Å². The minimum atomic E-state index is -0.466. The molecule has 0 radical (unpaired) electrons. The monoisotopic (exact) mass is 430 g/mol. The number of hydrogen-bond donors (Lipinski definition) is 0. The van der Waals surface area contributed by atoms with Crippen LogP contribution in [0.4, 0.5) is 4.79 Å². The maximum Gasteiger partial charge on any atom is 0.508 e. The van der Waals surface area contributed by atoms with E-state index in [1.165, 1.54) is 31.3 Å². The summed E-state index contributed by atoms with van der Waals surface area (Å²) >= 11 is 0. The standard InChI is InChI=1S/C27H42O4/c1-5-6-7-8-15-30-25(29)31-24-12-11-22-20-10-9-18-16-23(28)26(2,3)17-21(18)19(20)13-14-27(22,24)4/h16,19-22,24H,5-15,17H2,1-4H3/t19-,20+,21-,22-,24-,27-/m0/s1. The molecule has 0 unspecified atom stereocenters. The quantitative estimate of drug-likeness (QED) is 0.341. The van der Waals surface area contributed by atoms with E-state index in [0.717, 1.165) is 44.9 Å². The summed E-state index contributed by atoms with van der Waals surface area (Å²) in [5, 5.41) is 0. The number of ketones is 1. The first-order valence-electron chi connectivity index (χ1n) is 12.8. The van der Waals surface area contributed by atoms with Gasteiger partial charge in [-0.1, -0.05) is 52.5 Å². The van der Waals surface area contributed by atoms with E-state index in [0.29, 0.717) is 36.1 Å². The molecule has 4 rings (SSSR count). The maximum absolute atomic E-state index is 12.5. The van der Waals surface area contributed by atoms with Crippen LogP contribution in [0.5, 0.6) is 0 Å². The van der Waals surface area contributed by atoms with Crippen LogP contribution in [0.25, 0.3) is 0 Å². The second-order valence-electron chi connectivity index (χ2n) is 11.6. The van der Waals surface area contributed by atoms with Crippen molar-refractivity contribution in [3.05, 3.63) is 11.6 Å². The molecular formula is C27H42O4. The van der Waals surface area contributed by atoms with E-state index < -0.39 is 6.16 Å². The van der Waals surface area contributed by atoms with E-state index in [2.05, 4.69) is 27.7 Å². The first kappa shape index (κ1) is 22.9. The summed E-state index contributed by atoms with van der Waals surface area (Å²) in [6.07, 6.45) is 13.6. The van der Waals surface area contributed by atoms with Gasteiger partial charge in [-0.15, -0.1) is 0 Å². The number of rotatable bonds is 6. The Balaban J connectivity index is 1.38. The van der Waals surface area contributed by atoms with Crippen molar-refractivity contribution in [2.45, 2.75) is 104 Å². The van der Waals surface area contributed by atoms with Crippen LogP contribution in [0.3, 0.4) is 0 Å². The van der Waals surface area contributed by atoms with E-state index >= 15 is 0 Å². The molecule has 0 aromatic rings. The second kappa shape index (κ2) is 8.90. The zero-order valence-electron chi connectivity index (χ0n) is 20.1. The number of carbonyl (C=O) groups is 2. The lowest BCUT2D eigenvalue weighted by atomic mass is 9.50. The van der Waals surface area contributed by atoms with Crippen molar-refractivity contribution in [1.82, 2.24) is 0 Å². The van der Waals surface area contributed by atoms with Crippen molar-refractivity contribution in [1.29, 1.82) is 0 Å². The number of unbranched alkanes of at least 4 members (excludes halogenated alkanes) is 3. The molecule has 3 fully saturated rings. The predicted molar refractivity (Wildman–Crippen MR) is 122 cm³/mol. The Morgan fingerprint density at radius 3 is 2.65 bits per heavy atom. The highest BCUT2D eigenvalue weighted by atomic mass is 16.7. The highest BCUT2D eigenvalue weighted by Crippen LogP contribution is 2.63. The molecule has 4 aliphatic rings. The van der Waals surface area contributed by atoms with Gasteiger partial charge in [0.05, 0.1) is 6.61 Å². The molecule has 4 aliphatic carbocycles. The first-order valence-corrected chi connectivity index (χ1v) is 12.8. The van der Waals surface area contributed by atoms with Crippen LogP contribution >= 0.6 is 0 Å². The summed E-state index contributed by atoms with van der Waals surface area (Å²) < 4.78 is 11.3. The molecule has 0 spiro atoms. The normalized spacial score (nSPS) is 38.5. The minimum Gasteiger partial charge on any atom is -0.434 e. The lowest BCUT2D eigenvalue weighted by molar-refractivity contribution is -0.125. The van der Waals surface area contributed by atoms with Gasteiger partial charge in [-0.3, -0.25) is 4.79 Å². The van der Waals surface area contributed by atoms with Gasteiger partial charge < -0.3 is 9.47 Å². The van der Waals surface area contributed by atoms with Crippen molar-refractivity contribution in [2.24, 2.45) is 34.5 Å². The number of ether oxygens (including phenoxy) is 2. The van der Waals surface area contributed by atoms with E-state index in [-0.39, 0.29) is 16.9 Å². The summed E-state index contributed by atoms with van der Waals surface area (Å²) in [7, 11) is 0. The number of allylic oxidation sites excluding steroid dienone is 1. The second-order valence-corrected chi connectivity index (χ2v) is 11.6. The van der Waals surface area contributed by atoms with Crippen LogP contribution in [-0.4, -0.2) is 24.6 Å². The smallest absolute Gasteiger partial charge is 0.434 e. The van der Waals surface area contributed by atoms with Crippen LogP contribution in [0.2, 0.25) is 0 Å². The van der Waals surface area contributed by atoms with E-state index in [4.69, 9.17) is 9.47 Å². The van der Waals surface area contributed by atoms with Crippen molar-refractivity contribution in [3.63, 3.8) is 0 Å². The van der Waals surface area contributed by atoms with Crippen molar-refractivity contribution in [3.8, 4) is 0 Å². The van der Waals surface area contributed by atoms with E-state index in [1.807, 2.05) is 6.08 Å². The summed E-state index contributed by atoms with van der Waals surface area (Å²) in [4.78, 5) is 24.8. The maximum atomic E-state index is 12.5. The van der Waals surface area contributed by atoms with Gasteiger partial charge in [-0.25, -0.2) is 4.79 Å². The molecule has 4 heteroatoms. The molecule has 0 aliphatic heterocycles. The Kier molecular flexibility index (Phi) is 6.57. The van der Waals surface area contributed by atoms with Gasteiger partial charge in [0.2, 0.25) is 0 Å². The molecule has 0 bridgehead atoms.